The zero-order chi connectivity index (χ0) is 12.5. The number of fused-ring (bicyclic) bond motifs is 1. The average Bonchev–Trinajstić information content (AvgIpc) is 2.77. The van der Waals surface area contributed by atoms with Crippen LogP contribution < -0.4 is 0 Å². The first-order chi connectivity index (χ1) is 8.79. The zero-order valence-corrected chi connectivity index (χ0v) is 11.7. The fraction of sp³-hybridized carbons (Fsp3) is 0.133. The van der Waals surface area contributed by atoms with E-state index in [0.717, 1.165) is 27.8 Å². The molecule has 1 aromatic heterocycles. The molecule has 0 aliphatic rings. The molecule has 90 valence electrons. The summed E-state index contributed by atoms with van der Waals surface area (Å²) in [4.78, 5) is 4.70. The summed E-state index contributed by atoms with van der Waals surface area (Å²) >= 11 is 3.50. The molecule has 2 nitrogen and oxygen atoms in total. The normalized spacial score (nSPS) is 11.0. The second-order valence-corrected chi connectivity index (χ2v) is 5.10. The molecule has 0 spiro atoms. The lowest BCUT2D eigenvalue weighted by molar-refractivity contribution is 0.908. The Kier molecular flexibility index (Phi) is 2.92. The van der Waals surface area contributed by atoms with Crippen LogP contribution in [0.15, 0.2) is 53.0 Å². The molecule has 3 aromatic rings. The highest BCUT2D eigenvalue weighted by Gasteiger charge is 2.10. The minimum atomic E-state index is 0.918. The molecule has 0 unspecified atom stereocenters. The molecule has 3 heteroatoms. The maximum Gasteiger partial charge on any atom is 0.114 e. The van der Waals surface area contributed by atoms with Crippen molar-refractivity contribution in [2.45, 2.75) is 13.3 Å². The van der Waals surface area contributed by atoms with E-state index in [1.165, 1.54) is 5.69 Å². The predicted octanol–water partition coefficient (Wildman–Crippen LogP) is 4.35. The van der Waals surface area contributed by atoms with Gasteiger partial charge >= 0.3 is 0 Å². The van der Waals surface area contributed by atoms with E-state index in [-0.39, 0.29) is 0 Å². The van der Waals surface area contributed by atoms with Gasteiger partial charge in [-0.05, 0) is 30.3 Å². The first-order valence-electron chi connectivity index (χ1n) is 6.02. The summed E-state index contributed by atoms with van der Waals surface area (Å²) in [5.41, 5.74) is 3.35. The Balaban J connectivity index is 2.33. The van der Waals surface area contributed by atoms with E-state index >= 15 is 0 Å². The Morgan fingerprint density at radius 1 is 1.11 bits per heavy atom. The van der Waals surface area contributed by atoms with Crippen molar-refractivity contribution in [2.24, 2.45) is 0 Å². The molecular weight excluding hydrogens is 288 g/mol. The van der Waals surface area contributed by atoms with Crippen LogP contribution in [0, 0.1) is 0 Å². The molecule has 0 aliphatic carbocycles. The highest BCUT2D eigenvalue weighted by atomic mass is 79.9. The van der Waals surface area contributed by atoms with Gasteiger partial charge in [0.05, 0.1) is 11.0 Å². The minimum absolute atomic E-state index is 0.918. The highest BCUT2D eigenvalue weighted by molar-refractivity contribution is 9.10. The van der Waals surface area contributed by atoms with Crippen LogP contribution in [-0.2, 0) is 6.42 Å². The molecule has 0 amide bonds. The molecule has 0 fully saturated rings. The Morgan fingerprint density at radius 3 is 2.61 bits per heavy atom. The van der Waals surface area contributed by atoms with E-state index in [2.05, 4.69) is 69.9 Å². The fourth-order valence-electron chi connectivity index (χ4n) is 2.21. The molecule has 0 N–H and O–H groups in total. The molecule has 0 bridgehead atoms. The highest BCUT2D eigenvalue weighted by Crippen LogP contribution is 2.24. The Morgan fingerprint density at radius 2 is 1.89 bits per heavy atom. The maximum absolute atomic E-state index is 4.70. The molecule has 3 rings (SSSR count). The second-order valence-electron chi connectivity index (χ2n) is 4.19. The molecule has 0 atom stereocenters. The van der Waals surface area contributed by atoms with Crippen LogP contribution in [-0.4, -0.2) is 9.55 Å². The number of aryl methyl sites for hydroxylation is 1. The van der Waals surface area contributed by atoms with E-state index in [1.54, 1.807) is 0 Å². The van der Waals surface area contributed by atoms with Crippen LogP contribution in [0.1, 0.15) is 12.7 Å². The van der Waals surface area contributed by atoms with E-state index in [9.17, 15) is 0 Å². The van der Waals surface area contributed by atoms with Crippen molar-refractivity contribution in [2.75, 3.05) is 0 Å². The Bertz CT molecular complexity index is 686. The van der Waals surface area contributed by atoms with Gasteiger partial charge in [0.2, 0.25) is 0 Å². The number of hydrogen-bond acceptors (Lipinski definition) is 1. The van der Waals surface area contributed by atoms with Gasteiger partial charge in [0.1, 0.15) is 5.82 Å². The molecule has 0 radical (unpaired) electrons. The zero-order valence-electron chi connectivity index (χ0n) is 10.1. The monoisotopic (exact) mass is 300 g/mol. The summed E-state index contributed by atoms with van der Waals surface area (Å²) in [7, 11) is 0. The van der Waals surface area contributed by atoms with Gasteiger partial charge in [0.15, 0.2) is 0 Å². The number of halogens is 1. The Hall–Kier alpha value is -1.61. The summed E-state index contributed by atoms with van der Waals surface area (Å²) in [5.74, 6) is 1.09. The Labute approximate surface area is 114 Å². The summed E-state index contributed by atoms with van der Waals surface area (Å²) in [6.45, 7) is 2.13. The summed E-state index contributed by atoms with van der Waals surface area (Å²) in [6.07, 6.45) is 0.918. The van der Waals surface area contributed by atoms with Crippen LogP contribution in [0.25, 0.3) is 16.7 Å². The van der Waals surface area contributed by atoms with Gasteiger partial charge in [-0.3, -0.25) is 4.57 Å². The van der Waals surface area contributed by atoms with E-state index in [0.29, 0.717) is 0 Å². The van der Waals surface area contributed by atoms with Crippen LogP contribution in [0.3, 0.4) is 0 Å². The largest absolute Gasteiger partial charge is 0.296 e. The van der Waals surface area contributed by atoms with Crippen molar-refractivity contribution in [3.63, 3.8) is 0 Å². The lowest BCUT2D eigenvalue weighted by atomic mass is 10.2. The minimum Gasteiger partial charge on any atom is -0.296 e. The van der Waals surface area contributed by atoms with Crippen LogP contribution >= 0.6 is 15.9 Å². The molecule has 2 aromatic carbocycles. The van der Waals surface area contributed by atoms with Gasteiger partial charge < -0.3 is 0 Å². The van der Waals surface area contributed by atoms with E-state index in [1.807, 2.05) is 6.07 Å². The number of benzene rings is 2. The second kappa shape index (κ2) is 4.58. The first-order valence-corrected chi connectivity index (χ1v) is 6.81. The molecular formula is C15H13BrN2. The number of para-hydroxylation sites is 1. The van der Waals surface area contributed by atoms with E-state index < -0.39 is 0 Å². The molecule has 1 heterocycles. The average molecular weight is 301 g/mol. The van der Waals surface area contributed by atoms with Gasteiger partial charge in [0, 0.05) is 16.6 Å². The number of imidazole rings is 1. The van der Waals surface area contributed by atoms with Crippen molar-refractivity contribution < 1.29 is 0 Å². The van der Waals surface area contributed by atoms with Crippen molar-refractivity contribution in [1.82, 2.24) is 9.55 Å². The predicted molar refractivity (Wildman–Crippen MR) is 78.1 cm³/mol. The molecule has 0 saturated carbocycles. The van der Waals surface area contributed by atoms with E-state index in [4.69, 9.17) is 4.98 Å². The third kappa shape index (κ3) is 1.85. The lowest BCUT2D eigenvalue weighted by Gasteiger charge is -2.07. The van der Waals surface area contributed by atoms with Crippen molar-refractivity contribution >= 4 is 27.0 Å². The summed E-state index contributed by atoms with van der Waals surface area (Å²) < 4.78 is 3.29. The summed E-state index contributed by atoms with van der Waals surface area (Å²) in [5, 5.41) is 0. The number of nitrogens with zero attached hydrogens (tertiary/aromatic N) is 2. The standard InChI is InChI=1S/C15H13BrN2/c1-2-15-17-13-10-11(16)8-9-14(13)18(15)12-6-4-3-5-7-12/h3-10H,2H2,1H3. The van der Waals surface area contributed by atoms with Crippen molar-refractivity contribution in [3.05, 3.63) is 58.8 Å². The summed E-state index contributed by atoms with van der Waals surface area (Å²) in [6, 6.07) is 16.6. The fourth-order valence-corrected chi connectivity index (χ4v) is 2.55. The lowest BCUT2D eigenvalue weighted by Crippen LogP contribution is -1.99. The number of rotatable bonds is 2. The number of aromatic nitrogens is 2. The van der Waals surface area contributed by atoms with Gasteiger partial charge in [-0.25, -0.2) is 4.98 Å². The first kappa shape index (κ1) is 11.5. The van der Waals surface area contributed by atoms with Gasteiger partial charge in [-0.1, -0.05) is 41.1 Å². The topological polar surface area (TPSA) is 17.8 Å². The maximum atomic E-state index is 4.70. The molecule has 0 aliphatic heterocycles. The SMILES string of the molecule is CCc1nc2cc(Br)ccc2n1-c1ccccc1. The quantitative estimate of drug-likeness (QED) is 0.688. The third-order valence-corrected chi connectivity index (χ3v) is 3.51. The van der Waals surface area contributed by atoms with Gasteiger partial charge in [-0.2, -0.15) is 0 Å². The van der Waals surface area contributed by atoms with Gasteiger partial charge in [0.25, 0.3) is 0 Å². The van der Waals surface area contributed by atoms with Crippen LogP contribution in [0.4, 0.5) is 0 Å². The third-order valence-electron chi connectivity index (χ3n) is 3.02. The van der Waals surface area contributed by atoms with Gasteiger partial charge in [-0.15, -0.1) is 0 Å². The van der Waals surface area contributed by atoms with Crippen molar-refractivity contribution in [1.29, 1.82) is 0 Å². The van der Waals surface area contributed by atoms with Crippen molar-refractivity contribution in [3.8, 4) is 5.69 Å². The number of hydrogen-bond donors (Lipinski definition) is 0. The molecule has 0 saturated heterocycles. The van der Waals surface area contributed by atoms with Crippen LogP contribution in [0.2, 0.25) is 0 Å². The molecule has 18 heavy (non-hydrogen) atoms. The van der Waals surface area contributed by atoms with Crippen LogP contribution in [0.5, 0.6) is 0 Å². The smallest absolute Gasteiger partial charge is 0.114 e.